The first-order valence-electron chi connectivity index (χ1n) is 10.3. The Morgan fingerprint density at radius 3 is 2.34 bits per heavy atom. The van der Waals surface area contributed by atoms with Crippen LogP contribution in [0.3, 0.4) is 0 Å². The van der Waals surface area contributed by atoms with Crippen LogP contribution in [0.1, 0.15) is 34.5 Å². The number of rotatable bonds is 6. The summed E-state index contributed by atoms with van der Waals surface area (Å²) in [4.78, 5) is 15.2. The predicted octanol–water partition coefficient (Wildman–Crippen LogP) is 5.42. The number of Topliss-reactive ketones (excluding diaryl/α,β-unsaturated/α-hetero) is 1. The lowest BCUT2D eigenvalue weighted by Gasteiger charge is -2.36. The Balaban J connectivity index is 1.58. The molecule has 0 radical (unpaired) electrons. The second-order valence-corrected chi connectivity index (χ2v) is 8.01. The summed E-state index contributed by atoms with van der Waals surface area (Å²) in [6, 6.07) is 22.7. The molecule has 3 aromatic rings. The third-order valence-corrected chi connectivity index (χ3v) is 5.96. The molecule has 3 aromatic carbocycles. The third-order valence-electron chi connectivity index (χ3n) is 5.57. The van der Waals surface area contributed by atoms with Crippen LogP contribution in [0.15, 0.2) is 90.1 Å². The van der Waals surface area contributed by atoms with Gasteiger partial charge in [0.2, 0.25) is 0 Å². The number of hydrogen-bond donors (Lipinski definition) is 1. The summed E-state index contributed by atoms with van der Waals surface area (Å²) in [5, 5.41) is 3.86. The Bertz CT molecular complexity index is 1160. The molecule has 0 saturated carbocycles. The first-order chi connectivity index (χ1) is 15.4. The summed E-state index contributed by atoms with van der Waals surface area (Å²) in [6.07, 6.45) is 0. The average molecular weight is 447 g/mol. The first-order valence-corrected chi connectivity index (χ1v) is 10.7. The molecule has 0 spiro atoms. The fourth-order valence-corrected chi connectivity index (χ4v) is 3.88. The highest BCUT2D eigenvalue weighted by molar-refractivity contribution is 7.80. The molecule has 0 aromatic heterocycles. The van der Waals surface area contributed by atoms with Crippen LogP contribution in [0.25, 0.3) is 0 Å². The highest BCUT2D eigenvalue weighted by atomic mass is 32.1. The van der Waals surface area contributed by atoms with E-state index in [0.29, 0.717) is 28.6 Å². The van der Waals surface area contributed by atoms with Crippen LogP contribution >= 0.6 is 12.2 Å². The number of nitrogens with one attached hydrogen (secondary N) is 1. The maximum absolute atomic E-state index is 13.4. The number of carbonyl (C=O) groups is 1. The summed E-state index contributed by atoms with van der Waals surface area (Å²) < 4.78 is 18.9. The summed E-state index contributed by atoms with van der Waals surface area (Å²) in [6.45, 7) is 2.25. The lowest BCUT2D eigenvalue weighted by molar-refractivity contribution is 0.102. The van der Waals surface area contributed by atoms with Gasteiger partial charge in [-0.15, -0.1) is 0 Å². The van der Waals surface area contributed by atoms with Gasteiger partial charge >= 0.3 is 0 Å². The second-order valence-electron chi connectivity index (χ2n) is 7.62. The summed E-state index contributed by atoms with van der Waals surface area (Å²) >= 11 is 5.49. The van der Waals surface area contributed by atoms with Gasteiger partial charge in [0.15, 0.2) is 10.9 Å². The zero-order valence-corrected chi connectivity index (χ0v) is 18.7. The number of benzene rings is 3. The number of ketones is 1. The van der Waals surface area contributed by atoms with Crippen LogP contribution in [0.5, 0.6) is 5.75 Å². The van der Waals surface area contributed by atoms with Gasteiger partial charge in [0, 0.05) is 23.9 Å². The van der Waals surface area contributed by atoms with Crippen LogP contribution in [-0.4, -0.2) is 22.8 Å². The maximum atomic E-state index is 13.4. The van der Waals surface area contributed by atoms with E-state index >= 15 is 0 Å². The van der Waals surface area contributed by atoms with Crippen LogP contribution < -0.4 is 10.1 Å². The molecule has 1 heterocycles. The first kappa shape index (κ1) is 21.7. The molecule has 6 heteroatoms. The predicted molar refractivity (Wildman–Crippen MR) is 127 cm³/mol. The van der Waals surface area contributed by atoms with Crippen molar-refractivity contribution in [2.24, 2.45) is 0 Å². The van der Waals surface area contributed by atoms with Crippen molar-refractivity contribution in [3.63, 3.8) is 0 Å². The van der Waals surface area contributed by atoms with E-state index in [0.717, 1.165) is 16.8 Å². The molecule has 1 aliphatic rings. The third kappa shape index (κ3) is 4.55. The van der Waals surface area contributed by atoms with Crippen molar-refractivity contribution < 1.29 is 13.9 Å². The van der Waals surface area contributed by atoms with Crippen LogP contribution in [-0.2, 0) is 6.61 Å². The molecule has 1 unspecified atom stereocenters. The molecule has 4 rings (SSSR count). The summed E-state index contributed by atoms with van der Waals surface area (Å²) in [7, 11) is 1.85. The number of thiocarbonyl (C=S) groups is 1. The van der Waals surface area contributed by atoms with Gasteiger partial charge in [-0.3, -0.25) is 4.79 Å². The van der Waals surface area contributed by atoms with Crippen molar-refractivity contribution in [2.75, 3.05) is 7.05 Å². The number of ether oxygens (including phenoxy) is 1. The highest BCUT2D eigenvalue weighted by Gasteiger charge is 2.32. The molecular formula is C26H23FN2O2S. The number of carbonyl (C=O) groups excluding carboxylic acids is 1. The number of nitrogens with zero attached hydrogens (tertiary/aromatic N) is 1. The van der Waals surface area contributed by atoms with Crippen LogP contribution in [0.4, 0.5) is 4.39 Å². The van der Waals surface area contributed by atoms with Crippen LogP contribution in [0.2, 0.25) is 0 Å². The van der Waals surface area contributed by atoms with Crippen molar-refractivity contribution in [3.05, 3.63) is 113 Å². The van der Waals surface area contributed by atoms with Gasteiger partial charge in [-0.25, -0.2) is 4.39 Å². The van der Waals surface area contributed by atoms with Gasteiger partial charge in [0.25, 0.3) is 0 Å². The van der Waals surface area contributed by atoms with Crippen molar-refractivity contribution in [2.45, 2.75) is 19.6 Å². The van der Waals surface area contributed by atoms with Gasteiger partial charge in [0.1, 0.15) is 18.2 Å². The Labute approximate surface area is 192 Å². The SMILES string of the molecule is CC1=C(C(=O)c2ccccc2)C(c2ccc(OCc3ccc(F)cc3)cc2)NC(=S)N1C. The van der Waals surface area contributed by atoms with E-state index in [4.69, 9.17) is 17.0 Å². The maximum Gasteiger partial charge on any atom is 0.193 e. The molecule has 0 saturated heterocycles. The zero-order chi connectivity index (χ0) is 22.7. The molecular weight excluding hydrogens is 423 g/mol. The highest BCUT2D eigenvalue weighted by Crippen LogP contribution is 2.33. The van der Waals surface area contributed by atoms with Crippen molar-refractivity contribution in [3.8, 4) is 5.75 Å². The van der Waals surface area contributed by atoms with Crippen molar-refractivity contribution in [1.82, 2.24) is 10.2 Å². The number of halogens is 1. The number of allylic oxidation sites excluding steroid dienone is 1. The fraction of sp³-hybridized carbons (Fsp3) is 0.154. The molecule has 0 bridgehead atoms. The fourth-order valence-electron chi connectivity index (χ4n) is 3.63. The van der Waals surface area contributed by atoms with E-state index in [-0.39, 0.29) is 17.6 Å². The normalized spacial score (nSPS) is 16.0. The lowest BCUT2D eigenvalue weighted by atomic mass is 9.89. The Morgan fingerprint density at radius 2 is 1.69 bits per heavy atom. The van der Waals surface area contributed by atoms with Crippen molar-refractivity contribution in [1.29, 1.82) is 0 Å². The molecule has 0 fully saturated rings. The molecule has 0 aliphatic carbocycles. The van der Waals surface area contributed by atoms with E-state index in [1.54, 1.807) is 12.1 Å². The quantitative estimate of drug-likeness (QED) is 0.404. The lowest BCUT2D eigenvalue weighted by Crippen LogP contribution is -2.45. The minimum absolute atomic E-state index is 0.0356. The Morgan fingerprint density at radius 1 is 1.03 bits per heavy atom. The molecule has 32 heavy (non-hydrogen) atoms. The zero-order valence-electron chi connectivity index (χ0n) is 17.8. The standard InChI is InChI=1S/C26H23FN2O2S/c1-17-23(25(30)20-6-4-3-5-7-20)24(28-26(32)29(17)2)19-10-14-22(15-11-19)31-16-18-8-12-21(27)13-9-18/h3-15,24H,16H2,1-2H3,(H,28,32). The van der Waals surface area contributed by atoms with Gasteiger partial charge in [-0.2, -0.15) is 0 Å². The largest absolute Gasteiger partial charge is 0.489 e. The number of hydrogen-bond acceptors (Lipinski definition) is 3. The summed E-state index contributed by atoms with van der Waals surface area (Å²) in [5.74, 6) is 0.377. The molecule has 1 atom stereocenters. The minimum atomic E-state index is -0.363. The monoisotopic (exact) mass is 446 g/mol. The van der Waals surface area contributed by atoms with Gasteiger partial charge < -0.3 is 15.0 Å². The van der Waals surface area contributed by atoms with E-state index < -0.39 is 0 Å². The summed E-state index contributed by atoms with van der Waals surface area (Å²) in [5.41, 5.74) is 3.91. The van der Waals surface area contributed by atoms with E-state index in [1.807, 2.05) is 73.5 Å². The van der Waals surface area contributed by atoms with Crippen LogP contribution in [0, 0.1) is 5.82 Å². The Hall–Kier alpha value is -3.51. The van der Waals surface area contributed by atoms with Gasteiger partial charge in [0.05, 0.1) is 6.04 Å². The van der Waals surface area contributed by atoms with E-state index in [9.17, 15) is 9.18 Å². The molecule has 0 amide bonds. The smallest absolute Gasteiger partial charge is 0.193 e. The Kier molecular flexibility index (Phi) is 6.32. The van der Waals surface area contributed by atoms with E-state index in [2.05, 4.69) is 5.32 Å². The van der Waals surface area contributed by atoms with Gasteiger partial charge in [-0.1, -0.05) is 54.6 Å². The van der Waals surface area contributed by atoms with Gasteiger partial charge in [-0.05, 0) is 54.5 Å². The topological polar surface area (TPSA) is 41.6 Å². The second kappa shape index (κ2) is 9.32. The molecule has 1 aliphatic heterocycles. The molecule has 4 nitrogen and oxygen atoms in total. The van der Waals surface area contributed by atoms with Crippen molar-refractivity contribution >= 4 is 23.1 Å². The molecule has 162 valence electrons. The average Bonchev–Trinajstić information content (AvgIpc) is 2.82. The van der Waals surface area contributed by atoms with E-state index in [1.165, 1.54) is 12.1 Å². The molecule has 1 N–H and O–H groups in total. The minimum Gasteiger partial charge on any atom is -0.489 e.